The van der Waals surface area contributed by atoms with Gasteiger partial charge in [0.1, 0.15) is 11.5 Å². The molecule has 14 heavy (non-hydrogen) atoms. The van der Waals surface area contributed by atoms with E-state index >= 15 is 0 Å². The quantitative estimate of drug-likeness (QED) is 0.632. The van der Waals surface area contributed by atoms with Gasteiger partial charge in [-0.1, -0.05) is 0 Å². The van der Waals surface area contributed by atoms with E-state index in [0.717, 1.165) is 0 Å². The lowest BCUT2D eigenvalue weighted by Crippen LogP contribution is -2.08. The second kappa shape index (κ2) is 2.83. The first-order valence-corrected chi connectivity index (χ1v) is 4.13. The molecule has 0 saturated heterocycles. The van der Waals surface area contributed by atoms with Gasteiger partial charge in [-0.2, -0.15) is 0 Å². The van der Waals surface area contributed by atoms with Gasteiger partial charge in [0.15, 0.2) is 0 Å². The molecule has 0 radical (unpaired) electrons. The van der Waals surface area contributed by atoms with Crippen molar-refractivity contribution in [1.82, 2.24) is 0 Å². The number of aryl methyl sites for hydroxylation is 2. The van der Waals surface area contributed by atoms with Crippen LogP contribution in [0.3, 0.4) is 0 Å². The van der Waals surface area contributed by atoms with Gasteiger partial charge in [-0.25, -0.2) is 9.59 Å². The minimum absolute atomic E-state index is 0.268. The maximum Gasteiger partial charge on any atom is 0.344 e. The van der Waals surface area contributed by atoms with E-state index in [1.165, 1.54) is 12.1 Å². The fourth-order valence-corrected chi connectivity index (χ4v) is 1.36. The highest BCUT2D eigenvalue weighted by Gasteiger charge is 2.07. The van der Waals surface area contributed by atoms with Gasteiger partial charge in [-0.05, 0) is 26.0 Å². The van der Waals surface area contributed by atoms with Crippen molar-refractivity contribution >= 4 is 10.8 Å². The van der Waals surface area contributed by atoms with E-state index < -0.39 is 11.3 Å². The fraction of sp³-hybridized carbons (Fsp3) is 0.200. The maximum absolute atomic E-state index is 11.4. The van der Waals surface area contributed by atoms with Crippen molar-refractivity contribution in [2.24, 2.45) is 0 Å². The third kappa shape index (κ3) is 1.25. The smallest absolute Gasteiger partial charge is 0.344 e. The summed E-state index contributed by atoms with van der Waals surface area (Å²) in [4.78, 5) is 22.7. The third-order valence-electron chi connectivity index (χ3n) is 1.93. The van der Waals surface area contributed by atoms with Crippen LogP contribution in [0.1, 0.15) is 11.5 Å². The van der Waals surface area contributed by atoms with Gasteiger partial charge in [0.05, 0.1) is 10.8 Å². The summed E-state index contributed by atoms with van der Waals surface area (Å²) in [5, 5.41) is 0.536. The minimum Gasteiger partial charge on any atom is -0.428 e. The molecule has 0 aromatic carbocycles. The van der Waals surface area contributed by atoms with Crippen LogP contribution in [0.2, 0.25) is 0 Å². The largest absolute Gasteiger partial charge is 0.428 e. The second-order valence-corrected chi connectivity index (χ2v) is 3.12. The van der Waals surface area contributed by atoms with Crippen molar-refractivity contribution in [3.05, 3.63) is 44.5 Å². The molecule has 0 aliphatic heterocycles. The molecule has 0 aliphatic rings. The molecule has 0 N–H and O–H groups in total. The Hall–Kier alpha value is -1.84. The van der Waals surface area contributed by atoms with Crippen LogP contribution in [0.4, 0.5) is 0 Å². The van der Waals surface area contributed by atoms with Crippen molar-refractivity contribution in [2.45, 2.75) is 13.8 Å². The molecule has 4 nitrogen and oxygen atoms in total. The number of hydrogen-bond donors (Lipinski definition) is 0. The number of fused-ring (bicyclic) bond motifs is 1. The minimum atomic E-state index is -0.504. The van der Waals surface area contributed by atoms with E-state index in [4.69, 9.17) is 8.83 Å². The van der Waals surface area contributed by atoms with Gasteiger partial charge >= 0.3 is 11.3 Å². The van der Waals surface area contributed by atoms with Crippen molar-refractivity contribution < 1.29 is 8.83 Å². The highest BCUT2D eigenvalue weighted by molar-refractivity contribution is 5.79. The lowest BCUT2D eigenvalue weighted by atomic mass is 10.2. The van der Waals surface area contributed by atoms with Crippen LogP contribution in [-0.4, -0.2) is 0 Å². The normalized spacial score (nSPS) is 10.7. The van der Waals surface area contributed by atoms with Crippen LogP contribution in [0.15, 0.2) is 30.6 Å². The van der Waals surface area contributed by atoms with E-state index in [-0.39, 0.29) is 10.8 Å². The van der Waals surface area contributed by atoms with Crippen molar-refractivity contribution in [3.63, 3.8) is 0 Å². The SMILES string of the molecule is Cc1cc2c(=O)oc(C)cc2c(=O)o1. The van der Waals surface area contributed by atoms with E-state index in [2.05, 4.69) is 0 Å². The monoisotopic (exact) mass is 192 g/mol. The molecule has 72 valence electrons. The summed E-state index contributed by atoms with van der Waals surface area (Å²) >= 11 is 0. The topological polar surface area (TPSA) is 60.4 Å². The van der Waals surface area contributed by atoms with Crippen LogP contribution in [0.25, 0.3) is 10.8 Å². The molecular formula is C10H8O4. The third-order valence-corrected chi connectivity index (χ3v) is 1.93. The van der Waals surface area contributed by atoms with Crippen LogP contribution in [0.5, 0.6) is 0 Å². The van der Waals surface area contributed by atoms with Gasteiger partial charge in [0, 0.05) is 0 Å². The molecule has 4 heteroatoms. The number of hydrogen-bond acceptors (Lipinski definition) is 4. The van der Waals surface area contributed by atoms with Crippen molar-refractivity contribution in [3.8, 4) is 0 Å². The van der Waals surface area contributed by atoms with Gasteiger partial charge in [-0.15, -0.1) is 0 Å². The van der Waals surface area contributed by atoms with Crippen molar-refractivity contribution in [2.75, 3.05) is 0 Å². The molecule has 0 unspecified atom stereocenters. The molecule has 0 bridgehead atoms. The first-order valence-electron chi connectivity index (χ1n) is 4.13. The van der Waals surface area contributed by atoms with E-state index in [0.29, 0.717) is 11.5 Å². The lowest BCUT2D eigenvalue weighted by Gasteiger charge is -1.97. The predicted octanol–water partition coefficient (Wildman–Crippen LogP) is 1.36. The fourth-order valence-electron chi connectivity index (χ4n) is 1.36. The maximum atomic E-state index is 11.4. The summed E-state index contributed by atoms with van der Waals surface area (Å²) in [6.07, 6.45) is 0. The first-order chi connectivity index (χ1) is 6.58. The molecule has 2 heterocycles. The molecule has 0 fully saturated rings. The van der Waals surface area contributed by atoms with Crippen LogP contribution in [-0.2, 0) is 0 Å². The molecule has 0 saturated carbocycles. The van der Waals surface area contributed by atoms with Gasteiger partial charge in [0.25, 0.3) is 0 Å². The summed E-state index contributed by atoms with van der Waals surface area (Å²) < 4.78 is 9.73. The Morgan fingerprint density at radius 2 is 1.21 bits per heavy atom. The Morgan fingerprint density at radius 3 is 1.57 bits per heavy atom. The Bertz CT molecular complexity index is 548. The summed E-state index contributed by atoms with van der Waals surface area (Å²) in [6.45, 7) is 3.22. The zero-order chi connectivity index (χ0) is 10.3. The van der Waals surface area contributed by atoms with E-state index in [1.54, 1.807) is 13.8 Å². The summed E-state index contributed by atoms with van der Waals surface area (Å²) in [5.74, 6) is 0.803. The van der Waals surface area contributed by atoms with Crippen LogP contribution >= 0.6 is 0 Å². The summed E-state index contributed by atoms with van der Waals surface area (Å²) in [5.41, 5.74) is -1.01. The molecular weight excluding hydrogens is 184 g/mol. The zero-order valence-electron chi connectivity index (χ0n) is 7.79. The molecule has 2 aromatic rings. The summed E-state index contributed by atoms with van der Waals surface area (Å²) in [7, 11) is 0. The van der Waals surface area contributed by atoms with E-state index in [9.17, 15) is 9.59 Å². The Balaban J connectivity index is 3.10. The van der Waals surface area contributed by atoms with Crippen LogP contribution < -0.4 is 11.3 Å². The molecule has 2 rings (SSSR count). The molecule has 0 atom stereocenters. The second-order valence-electron chi connectivity index (χ2n) is 3.12. The Labute approximate surface area is 78.8 Å². The predicted molar refractivity (Wildman–Crippen MR) is 50.5 cm³/mol. The highest BCUT2D eigenvalue weighted by Crippen LogP contribution is 2.08. The zero-order valence-corrected chi connectivity index (χ0v) is 7.79. The molecule has 0 spiro atoms. The molecule has 0 amide bonds. The average Bonchev–Trinajstić information content (AvgIpc) is 2.07. The van der Waals surface area contributed by atoms with Gasteiger partial charge < -0.3 is 8.83 Å². The highest BCUT2D eigenvalue weighted by atomic mass is 16.4. The lowest BCUT2D eigenvalue weighted by molar-refractivity contribution is 0.473. The number of rotatable bonds is 0. The Kier molecular flexibility index (Phi) is 1.77. The van der Waals surface area contributed by atoms with Crippen LogP contribution in [0, 0.1) is 13.8 Å². The molecule has 2 aromatic heterocycles. The standard InChI is InChI=1S/C10H8O4/c1-5-3-7-8(9(11)13-5)4-6(2)14-10(7)12/h3-4H,1-2H3. The van der Waals surface area contributed by atoms with E-state index in [1.807, 2.05) is 0 Å². The van der Waals surface area contributed by atoms with Gasteiger partial charge in [-0.3, -0.25) is 0 Å². The molecule has 0 aliphatic carbocycles. The summed E-state index contributed by atoms with van der Waals surface area (Å²) in [6, 6.07) is 3.00. The van der Waals surface area contributed by atoms with Crippen molar-refractivity contribution in [1.29, 1.82) is 0 Å². The Morgan fingerprint density at radius 1 is 0.857 bits per heavy atom. The van der Waals surface area contributed by atoms with Gasteiger partial charge in [0.2, 0.25) is 0 Å². The first kappa shape index (κ1) is 8.74. The average molecular weight is 192 g/mol.